The van der Waals surface area contributed by atoms with Crippen molar-refractivity contribution in [3.05, 3.63) is 53.1 Å². The molecule has 7 rings (SSSR count). The van der Waals surface area contributed by atoms with E-state index in [0.29, 0.717) is 5.41 Å². The molecule has 1 atom stereocenters. The van der Waals surface area contributed by atoms with Gasteiger partial charge in [-0.15, -0.1) is 11.6 Å². The molecular weight excluding hydrogens is 300 g/mol. The lowest BCUT2D eigenvalue weighted by Crippen LogP contribution is -2.56. The number of alkyl halides is 1. The topological polar surface area (TPSA) is 0 Å². The first-order valence-electron chi connectivity index (χ1n) is 9.42. The van der Waals surface area contributed by atoms with Crippen LogP contribution in [0.15, 0.2) is 42.0 Å². The third-order valence-corrected chi connectivity index (χ3v) is 8.08. The second-order valence-corrected chi connectivity index (χ2v) is 9.25. The molecule has 0 heterocycles. The first-order valence-corrected chi connectivity index (χ1v) is 9.86. The molecule has 118 valence electrons. The molecule has 0 N–H and O–H groups in total. The molecule has 0 aliphatic heterocycles. The SMILES string of the molecule is ClC1C=CC2=C(C1)C1(c3ccccc32)C2CC3CC(C2)CC1C3. The Balaban J connectivity index is 1.63. The zero-order valence-electron chi connectivity index (χ0n) is 13.5. The van der Waals surface area contributed by atoms with E-state index >= 15 is 0 Å². The van der Waals surface area contributed by atoms with E-state index in [1.807, 2.05) is 0 Å². The summed E-state index contributed by atoms with van der Waals surface area (Å²) >= 11 is 6.60. The summed E-state index contributed by atoms with van der Waals surface area (Å²) in [5.74, 6) is 3.79. The van der Waals surface area contributed by atoms with Crippen molar-refractivity contribution in [3.63, 3.8) is 0 Å². The maximum absolute atomic E-state index is 6.60. The number of halogens is 1. The van der Waals surface area contributed by atoms with Crippen molar-refractivity contribution in [1.82, 2.24) is 0 Å². The van der Waals surface area contributed by atoms with Crippen molar-refractivity contribution in [1.29, 1.82) is 0 Å². The third kappa shape index (κ3) is 1.50. The standard InChI is InChI=1S/C22H23Cl/c23-17-5-6-19-18-3-1-2-4-20(18)22(21(19)12-17)15-8-13-7-14(10-15)11-16(22)9-13/h1-6,13-17H,7-12H2. The maximum atomic E-state index is 6.60. The van der Waals surface area contributed by atoms with Crippen molar-refractivity contribution >= 4 is 17.2 Å². The van der Waals surface area contributed by atoms with E-state index in [1.165, 1.54) is 43.2 Å². The van der Waals surface area contributed by atoms with Gasteiger partial charge in [0.05, 0.1) is 5.38 Å². The van der Waals surface area contributed by atoms with Gasteiger partial charge in [0, 0.05) is 5.41 Å². The molecular formula is C22H23Cl. The summed E-state index contributed by atoms with van der Waals surface area (Å²) in [6.07, 6.45) is 13.0. The van der Waals surface area contributed by atoms with E-state index in [9.17, 15) is 0 Å². The minimum Gasteiger partial charge on any atom is -0.118 e. The summed E-state index contributed by atoms with van der Waals surface area (Å²) in [5.41, 5.74) is 6.78. The molecule has 23 heavy (non-hydrogen) atoms. The molecule has 4 bridgehead atoms. The number of hydrogen-bond acceptors (Lipinski definition) is 0. The molecule has 1 aromatic carbocycles. The lowest BCUT2D eigenvalue weighted by molar-refractivity contribution is -0.0433. The van der Waals surface area contributed by atoms with Crippen LogP contribution in [-0.2, 0) is 5.41 Å². The Kier molecular flexibility index (Phi) is 2.51. The van der Waals surface area contributed by atoms with Gasteiger partial charge >= 0.3 is 0 Å². The Morgan fingerprint density at radius 3 is 2.35 bits per heavy atom. The highest BCUT2D eigenvalue weighted by atomic mass is 35.5. The van der Waals surface area contributed by atoms with Crippen LogP contribution in [-0.4, -0.2) is 5.38 Å². The molecule has 4 saturated carbocycles. The van der Waals surface area contributed by atoms with E-state index in [2.05, 4.69) is 36.4 Å². The fraction of sp³-hybridized carbons (Fsp3) is 0.545. The summed E-state index contributed by atoms with van der Waals surface area (Å²) in [6.45, 7) is 0. The lowest BCUT2D eigenvalue weighted by atomic mass is 9.42. The van der Waals surface area contributed by atoms with Gasteiger partial charge in [-0.3, -0.25) is 0 Å². The summed E-state index contributed by atoms with van der Waals surface area (Å²) in [4.78, 5) is 0. The minimum atomic E-state index is 0.192. The average molecular weight is 323 g/mol. The molecule has 0 radical (unpaired) electrons. The molecule has 6 aliphatic carbocycles. The Hall–Kier alpha value is -1.01. The molecule has 0 saturated heterocycles. The van der Waals surface area contributed by atoms with E-state index in [4.69, 9.17) is 11.6 Å². The second kappa shape index (κ2) is 4.33. The Morgan fingerprint density at radius 1 is 0.913 bits per heavy atom. The van der Waals surface area contributed by atoms with Gasteiger partial charge in [-0.2, -0.15) is 0 Å². The minimum absolute atomic E-state index is 0.192. The smallest absolute Gasteiger partial charge is 0.0557 e. The number of allylic oxidation sites excluding steroid dienone is 4. The van der Waals surface area contributed by atoms with Gasteiger partial charge in [0.25, 0.3) is 0 Å². The lowest BCUT2D eigenvalue weighted by Gasteiger charge is -2.62. The van der Waals surface area contributed by atoms with E-state index in [1.54, 1.807) is 11.1 Å². The van der Waals surface area contributed by atoms with Crippen LogP contribution in [0.2, 0.25) is 0 Å². The quantitative estimate of drug-likeness (QED) is 0.536. The molecule has 1 unspecified atom stereocenters. The van der Waals surface area contributed by atoms with Gasteiger partial charge in [-0.25, -0.2) is 0 Å². The Bertz CT molecular complexity index is 725. The van der Waals surface area contributed by atoms with Crippen LogP contribution in [0.3, 0.4) is 0 Å². The predicted octanol–water partition coefficient (Wildman–Crippen LogP) is 5.72. The van der Waals surface area contributed by atoms with Crippen LogP contribution < -0.4 is 0 Å². The van der Waals surface area contributed by atoms with Gasteiger partial charge in [0.2, 0.25) is 0 Å². The van der Waals surface area contributed by atoms with Crippen molar-refractivity contribution in [2.45, 2.75) is 49.3 Å². The number of benzene rings is 1. The van der Waals surface area contributed by atoms with Gasteiger partial charge in [-0.1, -0.05) is 36.4 Å². The molecule has 4 fully saturated rings. The molecule has 1 aromatic rings. The first-order chi connectivity index (χ1) is 11.3. The van der Waals surface area contributed by atoms with E-state index < -0.39 is 0 Å². The van der Waals surface area contributed by atoms with Crippen molar-refractivity contribution < 1.29 is 0 Å². The summed E-state index contributed by atoms with van der Waals surface area (Å²) in [7, 11) is 0. The monoisotopic (exact) mass is 322 g/mol. The normalized spacial score (nSPS) is 45.7. The summed E-state index contributed by atoms with van der Waals surface area (Å²) in [6, 6.07) is 9.31. The maximum Gasteiger partial charge on any atom is 0.0557 e. The highest BCUT2D eigenvalue weighted by Gasteiger charge is 2.62. The molecule has 1 heteroatoms. The van der Waals surface area contributed by atoms with Gasteiger partial charge in [0.15, 0.2) is 0 Å². The van der Waals surface area contributed by atoms with Gasteiger partial charge < -0.3 is 0 Å². The largest absolute Gasteiger partial charge is 0.118 e. The molecule has 1 spiro atoms. The van der Waals surface area contributed by atoms with Crippen molar-refractivity contribution in [2.75, 3.05) is 0 Å². The van der Waals surface area contributed by atoms with Crippen molar-refractivity contribution in [3.8, 4) is 0 Å². The van der Waals surface area contributed by atoms with Crippen molar-refractivity contribution in [2.24, 2.45) is 23.7 Å². The summed E-state index contributed by atoms with van der Waals surface area (Å²) in [5, 5.41) is 0.192. The molecule has 0 nitrogen and oxygen atoms in total. The van der Waals surface area contributed by atoms with Crippen LogP contribution >= 0.6 is 11.6 Å². The highest BCUT2D eigenvalue weighted by molar-refractivity contribution is 6.22. The van der Waals surface area contributed by atoms with Crippen LogP contribution in [0.5, 0.6) is 0 Å². The molecule has 6 aliphatic rings. The second-order valence-electron chi connectivity index (χ2n) is 8.69. The molecule has 0 amide bonds. The molecule has 0 aromatic heterocycles. The van der Waals surface area contributed by atoms with Crippen LogP contribution in [0.1, 0.15) is 49.7 Å². The number of rotatable bonds is 0. The Labute approximate surface area is 143 Å². The zero-order valence-corrected chi connectivity index (χ0v) is 14.2. The fourth-order valence-corrected chi connectivity index (χ4v) is 7.65. The number of hydrogen-bond donors (Lipinski definition) is 0. The van der Waals surface area contributed by atoms with Crippen LogP contribution in [0.4, 0.5) is 0 Å². The van der Waals surface area contributed by atoms with Crippen LogP contribution in [0, 0.1) is 23.7 Å². The van der Waals surface area contributed by atoms with Crippen LogP contribution in [0.25, 0.3) is 5.57 Å². The van der Waals surface area contributed by atoms with E-state index in [-0.39, 0.29) is 5.38 Å². The summed E-state index contributed by atoms with van der Waals surface area (Å²) < 4.78 is 0. The van der Waals surface area contributed by atoms with E-state index in [0.717, 1.165) is 30.1 Å². The Morgan fingerprint density at radius 2 is 1.61 bits per heavy atom. The first kappa shape index (κ1) is 13.3. The van der Waals surface area contributed by atoms with Gasteiger partial charge in [-0.05, 0) is 84.5 Å². The highest BCUT2D eigenvalue weighted by Crippen LogP contribution is 2.69. The fourth-order valence-electron chi connectivity index (χ4n) is 7.42. The van der Waals surface area contributed by atoms with Gasteiger partial charge in [0.1, 0.15) is 0 Å². The predicted molar refractivity (Wildman–Crippen MR) is 95.5 cm³/mol. The number of fused-ring (bicyclic) bond motifs is 2. The third-order valence-electron chi connectivity index (χ3n) is 7.78. The average Bonchev–Trinajstić information content (AvgIpc) is 2.83. The zero-order chi connectivity index (χ0) is 15.2.